The average molecular weight is 409 g/mol. The summed E-state index contributed by atoms with van der Waals surface area (Å²) in [4.78, 5) is 38.2. The van der Waals surface area contributed by atoms with Crippen molar-refractivity contribution < 1.29 is 18.8 Å². The van der Waals surface area contributed by atoms with Gasteiger partial charge >= 0.3 is 11.8 Å². The fourth-order valence-corrected chi connectivity index (χ4v) is 3.33. The largest absolute Gasteiger partial charge is 0.465 e. The van der Waals surface area contributed by atoms with E-state index in [1.165, 1.54) is 6.08 Å². The molecular weight excluding hydrogens is 382 g/mol. The van der Waals surface area contributed by atoms with Crippen LogP contribution >= 0.6 is 0 Å². The molecular formula is C23H27N3O4. The van der Waals surface area contributed by atoms with Crippen LogP contribution in [-0.2, 0) is 14.4 Å². The highest BCUT2D eigenvalue weighted by atomic mass is 16.3. The van der Waals surface area contributed by atoms with Gasteiger partial charge in [-0.05, 0) is 74.1 Å². The van der Waals surface area contributed by atoms with Gasteiger partial charge in [0.1, 0.15) is 5.76 Å². The number of aryl methyl sites for hydroxylation is 2. The Morgan fingerprint density at radius 3 is 2.53 bits per heavy atom. The molecule has 158 valence electrons. The maximum atomic E-state index is 12.2. The van der Waals surface area contributed by atoms with E-state index in [0.717, 1.165) is 24.0 Å². The van der Waals surface area contributed by atoms with Crippen molar-refractivity contribution in [2.24, 2.45) is 5.92 Å². The Kier molecular flexibility index (Phi) is 7.06. The molecule has 0 bridgehead atoms. The molecule has 30 heavy (non-hydrogen) atoms. The van der Waals surface area contributed by atoms with E-state index in [1.54, 1.807) is 35.4 Å². The van der Waals surface area contributed by atoms with Gasteiger partial charge in [-0.1, -0.05) is 6.07 Å². The second-order valence-electron chi connectivity index (χ2n) is 7.58. The average Bonchev–Trinajstić information content (AvgIpc) is 3.27. The number of hydrogen-bond acceptors (Lipinski definition) is 4. The molecule has 2 heterocycles. The van der Waals surface area contributed by atoms with Crippen molar-refractivity contribution in [1.29, 1.82) is 0 Å². The highest BCUT2D eigenvalue weighted by Gasteiger charge is 2.23. The molecule has 0 unspecified atom stereocenters. The van der Waals surface area contributed by atoms with Gasteiger partial charge in [0.05, 0.1) is 6.26 Å². The number of rotatable bonds is 5. The number of anilines is 1. The van der Waals surface area contributed by atoms with Crippen molar-refractivity contribution in [2.75, 3.05) is 25.0 Å². The zero-order valence-electron chi connectivity index (χ0n) is 17.3. The number of hydrogen-bond donors (Lipinski definition) is 2. The van der Waals surface area contributed by atoms with E-state index in [0.29, 0.717) is 31.1 Å². The standard InChI is InChI=1S/C23H27N3O4/c1-16-5-6-19(14-17(16)2)25-23(29)22(28)24-15-18-9-11-26(12-10-18)21(27)8-7-20-4-3-13-30-20/h3-8,13-14,18H,9-12,15H2,1-2H3,(H,24,28)(H,25,29)/b8-7+. The molecule has 1 saturated heterocycles. The molecule has 3 amide bonds. The predicted octanol–water partition coefficient (Wildman–Crippen LogP) is 2.90. The van der Waals surface area contributed by atoms with Crippen molar-refractivity contribution in [1.82, 2.24) is 10.2 Å². The molecule has 2 aromatic rings. The van der Waals surface area contributed by atoms with Gasteiger partial charge in [-0.2, -0.15) is 0 Å². The third-order valence-corrected chi connectivity index (χ3v) is 5.38. The van der Waals surface area contributed by atoms with Crippen molar-refractivity contribution in [2.45, 2.75) is 26.7 Å². The van der Waals surface area contributed by atoms with Crippen LogP contribution in [0.1, 0.15) is 29.7 Å². The van der Waals surface area contributed by atoms with Gasteiger partial charge in [0, 0.05) is 31.4 Å². The van der Waals surface area contributed by atoms with Crippen molar-refractivity contribution in [3.63, 3.8) is 0 Å². The molecule has 0 atom stereocenters. The number of furan rings is 1. The van der Waals surface area contributed by atoms with Gasteiger partial charge < -0.3 is 20.0 Å². The number of nitrogens with one attached hydrogen (secondary N) is 2. The SMILES string of the molecule is Cc1ccc(NC(=O)C(=O)NCC2CCN(C(=O)/C=C/c3ccco3)CC2)cc1C. The molecule has 0 saturated carbocycles. The molecule has 1 aromatic heterocycles. The minimum Gasteiger partial charge on any atom is -0.465 e. The smallest absolute Gasteiger partial charge is 0.313 e. The molecule has 1 fully saturated rings. The van der Waals surface area contributed by atoms with Crippen LogP contribution in [0.15, 0.2) is 47.1 Å². The van der Waals surface area contributed by atoms with Crippen LogP contribution in [0.3, 0.4) is 0 Å². The lowest BCUT2D eigenvalue weighted by atomic mass is 9.96. The Morgan fingerprint density at radius 2 is 1.87 bits per heavy atom. The van der Waals surface area contributed by atoms with Gasteiger partial charge in [0.25, 0.3) is 0 Å². The van der Waals surface area contributed by atoms with E-state index in [9.17, 15) is 14.4 Å². The molecule has 1 aromatic carbocycles. The molecule has 1 aliphatic heterocycles. The summed E-state index contributed by atoms with van der Waals surface area (Å²) in [7, 11) is 0. The predicted molar refractivity (Wildman–Crippen MR) is 115 cm³/mol. The maximum Gasteiger partial charge on any atom is 0.313 e. The fourth-order valence-electron chi connectivity index (χ4n) is 3.33. The summed E-state index contributed by atoms with van der Waals surface area (Å²) in [5.74, 6) is -0.495. The minimum atomic E-state index is -0.672. The number of nitrogens with zero attached hydrogens (tertiary/aromatic N) is 1. The summed E-state index contributed by atoms with van der Waals surface area (Å²) in [6, 6.07) is 9.08. The van der Waals surface area contributed by atoms with Gasteiger partial charge in [-0.3, -0.25) is 14.4 Å². The molecule has 7 heteroatoms. The summed E-state index contributed by atoms with van der Waals surface area (Å²) in [5, 5.41) is 5.33. The lowest BCUT2D eigenvalue weighted by molar-refractivity contribution is -0.136. The van der Waals surface area contributed by atoms with E-state index in [4.69, 9.17) is 4.42 Å². The Bertz CT molecular complexity index is 926. The van der Waals surface area contributed by atoms with E-state index in [2.05, 4.69) is 10.6 Å². The molecule has 2 N–H and O–H groups in total. The number of carbonyl (C=O) groups excluding carboxylic acids is 3. The number of amides is 3. The Morgan fingerprint density at radius 1 is 1.10 bits per heavy atom. The van der Waals surface area contributed by atoms with Gasteiger partial charge in [0.2, 0.25) is 5.91 Å². The molecule has 0 aliphatic carbocycles. The zero-order valence-corrected chi connectivity index (χ0v) is 17.3. The highest BCUT2D eigenvalue weighted by molar-refractivity contribution is 6.39. The Labute approximate surface area is 176 Å². The van der Waals surface area contributed by atoms with Crippen LogP contribution in [0.25, 0.3) is 6.08 Å². The van der Waals surface area contributed by atoms with Gasteiger partial charge in [0.15, 0.2) is 0 Å². The van der Waals surface area contributed by atoms with Crippen molar-refractivity contribution in [3.8, 4) is 0 Å². The van der Waals surface area contributed by atoms with E-state index >= 15 is 0 Å². The molecule has 0 radical (unpaired) electrons. The number of benzene rings is 1. The normalized spacial score (nSPS) is 14.7. The maximum absolute atomic E-state index is 12.2. The highest BCUT2D eigenvalue weighted by Crippen LogP contribution is 2.17. The fraction of sp³-hybridized carbons (Fsp3) is 0.348. The summed E-state index contributed by atoms with van der Waals surface area (Å²) >= 11 is 0. The quantitative estimate of drug-likeness (QED) is 0.587. The monoisotopic (exact) mass is 409 g/mol. The van der Waals surface area contributed by atoms with Crippen LogP contribution in [0, 0.1) is 19.8 Å². The van der Waals surface area contributed by atoms with Gasteiger partial charge in [-0.15, -0.1) is 0 Å². The van der Waals surface area contributed by atoms with E-state index < -0.39 is 11.8 Å². The number of piperidine rings is 1. The second kappa shape index (κ2) is 9.91. The third kappa shape index (κ3) is 5.83. The zero-order chi connectivity index (χ0) is 21.5. The molecule has 3 rings (SSSR count). The summed E-state index contributed by atoms with van der Waals surface area (Å²) < 4.78 is 5.18. The molecule has 7 nitrogen and oxygen atoms in total. The minimum absolute atomic E-state index is 0.0540. The van der Waals surface area contributed by atoms with E-state index in [1.807, 2.05) is 26.0 Å². The number of carbonyl (C=O) groups is 3. The van der Waals surface area contributed by atoms with Crippen LogP contribution in [-0.4, -0.2) is 42.3 Å². The second-order valence-corrected chi connectivity index (χ2v) is 7.58. The lowest BCUT2D eigenvalue weighted by Crippen LogP contribution is -2.43. The van der Waals surface area contributed by atoms with Crippen molar-refractivity contribution >= 4 is 29.5 Å². The van der Waals surface area contributed by atoms with Crippen LogP contribution in [0.4, 0.5) is 5.69 Å². The van der Waals surface area contributed by atoms with E-state index in [-0.39, 0.29) is 11.8 Å². The Balaban J connectivity index is 1.39. The topological polar surface area (TPSA) is 91.7 Å². The molecule has 1 aliphatic rings. The third-order valence-electron chi connectivity index (χ3n) is 5.38. The summed E-state index contributed by atoms with van der Waals surface area (Å²) in [5.41, 5.74) is 2.78. The van der Waals surface area contributed by atoms with Crippen LogP contribution in [0.5, 0.6) is 0 Å². The van der Waals surface area contributed by atoms with Crippen molar-refractivity contribution in [3.05, 3.63) is 59.6 Å². The van der Waals surface area contributed by atoms with Gasteiger partial charge in [-0.25, -0.2) is 0 Å². The first kappa shape index (κ1) is 21.4. The lowest BCUT2D eigenvalue weighted by Gasteiger charge is -2.31. The summed E-state index contributed by atoms with van der Waals surface area (Å²) in [6.07, 6.45) is 6.28. The first-order chi connectivity index (χ1) is 14.4. The first-order valence-corrected chi connectivity index (χ1v) is 10.1. The molecule has 0 spiro atoms. The Hall–Kier alpha value is -3.35. The van der Waals surface area contributed by atoms with Crippen LogP contribution in [0.2, 0.25) is 0 Å². The van der Waals surface area contributed by atoms with Crippen LogP contribution < -0.4 is 10.6 Å². The number of likely N-dealkylation sites (tertiary alicyclic amines) is 1. The summed E-state index contributed by atoms with van der Waals surface area (Å²) in [6.45, 7) is 5.60. The first-order valence-electron chi connectivity index (χ1n) is 10.1.